The zero-order valence-electron chi connectivity index (χ0n) is 8.74. The highest BCUT2D eigenvalue weighted by Gasteiger charge is 2.08. The number of anilines is 1. The topological polar surface area (TPSA) is 66.5 Å². The highest BCUT2D eigenvalue weighted by Crippen LogP contribution is 2.21. The maximum atomic E-state index is 4.40. The highest BCUT2D eigenvalue weighted by atomic mass is 32.2. The van der Waals surface area contributed by atoms with E-state index in [1.54, 1.807) is 18.1 Å². The van der Waals surface area contributed by atoms with E-state index in [9.17, 15) is 0 Å². The molecule has 0 saturated carbocycles. The van der Waals surface area contributed by atoms with Gasteiger partial charge in [-0.05, 0) is 12.7 Å². The summed E-state index contributed by atoms with van der Waals surface area (Å²) in [6.45, 7) is 2.99. The number of aromatic nitrogens is 4. The number of thioether (sulfide) groups is 1. The fraction of sp³-hybridized carbons (Fsp3) is 0.444. The first-order chi connectivity index (χ1) is 7.35. The fourth-order valence-corrected chi connectivity index (χ4v) is 1.80. The lowest BCUT2D eigenvalue weighted by molar-refractivity contribution is 0.944. The molecule has 0 atom stereocenters. The Morgan fingerprint density at radius 3 is 3.07 bits per heavy atom. The van der Waals surface area contributed by atoms with Gasteiger partial charge in [-0.25, -0.2) is 9.97 Å². The summed E-state index contributed by atoms with van der Waals surface area (Å²) in [5, 5.41) is 4.09. The van der Waals surface area contributed by atoms with Crippen LogP contribution in [0.2, 0.25) is 0 Å². The number of aromatic amines is 1. The van der Waals surface area contributed by atoms with Crippen LogP contribution in [-0.2, 0) is 0 Å². The molecule has 2 N–H and O–H groups in total. The van der Waals surface area contributed by atoms with Gasteiger partial charge >= 0.3 is 0 Å². The van der Waals surface area contributed by atoms with E-state index in [4.69, 9.17) is 0 Å². The summed E-state index contributed by atoms with van der Waals surface area (Å²) in [6.07, 6.45) is 4.69. The molecule has 0 aliphatic rings. The van der Waals surface area contributed by atoms with Crippen molar-refractivity contribution in [1.82, 2.24) is 19.9 Å². The zero-order valence-corrected chi connectivity index (χ0v) is 9.56. The normalized spacial score (nSPS) is 10.8. The van der Waals surface area contributed by atoms with E-state index >= 15 is 0 Å². The first-order valence-corrected chi connectivity index (χ1v) is 6.06. The molecule has 6 heteroatoms. The molecule has 0 spiro atoms. The van der Waals surface area contributed by atoms with Crippen molar-refractivity contribution in [2.45, 2.75) is 18.4 Å². The molecule has 0 fully saturated rings. The predicted octanol–water partition coefficient (Wildman–Crippen LogP) is 1.90. The van der Waals surface area contributed by atoms with Gasteiger partial charge in [-0.2, -0.15) is 4.98 Å². The molecule has 0 aliphatic carbocycles. The van der Waals surface area contributed by atoms with Crippen molar-refractivity contribution >= 4 is 28.9 Å². The summed E-state index contributed by atoms with van der Waals surface area (Å²) in [5.41, 5.74) is 1.62. The SMILES string of the molecule is CCCNc1nc(SC)c2[nH]cnc2n1. The minimum Gasteiger partial charge on any atom is -0.354 e. The summed E-state index contributed by atoms with van der Waals surface area (Å²) < 4.78 is 0. The van der Waals surface area contributed by atoms with Gasteiger partial charge in [0.1, 0.15) is 10.5 Å². The van der Waals surface area contributed by atoms with E-state index in [1.807, 2.05) is 6.26 Å². The molecule has 5 nitrogen and oxygen atoms in total. The Labute approximate surface area is 92.1 Å². The van der Waals surface area contributed by atoms with Gasteiger partial charge in [-0.3, -0.25) is 0 Å². The Morgan fingerprint density at radius 2 is 2.33 bits per heavy atom. The van der Waals surface area contributed by atoms with Gasteiger partial charge in [0.05, 0.1) is 6.33 Å². The van der Waals surface area contributed by atoms with E-state index in [0.29, 0.717) is 11.6 Å². The summed E-state index contributed by atoms with van der Waals surface area (Å²) in [4.78, 5) is 15.9. The maximum Gasteiger partial charge on any atom is 0.225 e. The third kappa shape index (κ3) is 2.04. The van der Waals surface area contributed by atoms with Gasteiger partial charge < -0.3 is 10.3 Å². The Kier molecular flexibility index (Phi) is 3.05. The predicted molar refractivity (Wildman–Crippen MR) is 62.2 cm³/mol. The third-order valence-corrected chi connectivity index (χ3v) is 2.66. The minimum atomic E-state index is 0.654. The first-order valence-electron chi connectivity index (χ1n) is 4.84. The molecular formula is C9H13N5S. The molecular weight excluding hydrogens is 210 g/mol. The van der Waals surface area contributed by atoms with Gasteiger partial charge in [0.25, 0.3) is 0 Å². The molecule has 15 heavy (non-hydrogen) atoms. The van der Waals surface area contributed by atoms with Crippen molar-refractivity contribution < 1.29 is 0 Å². The second kappa shape index (κ2) is 4.48. The van der Waals surface area contributed by atoms with Gasteiger partial charge in [-0.1, -0.05) is 6.92 Å². The van der Waals surface area contributed by atoms with Crippen molar-refractivity contribution in [1.29, 1.82) is 0 Å². The van der Waals surface area contributed by atoms with Crippen LogP contribution in [0.15, 0.2) is 11.4 Å². The van der Waals surface area contributed by atoms with Gasteiger partial charge in [-0.15, -0.1) is 11.8 Å². The summed E-state index contributed by atoms with van der Waals surface area (Å²) in [6, 6.07) is 0. The standard InChI is InChI=1S/C9H13N5S/c1-3-4-10-9-13-7-6(11-5-12-7)8(14-9)15-2/h5H,3-4H2,1-2H3,(H2,10,11,12,13,14). The van der Waals surface area contributed by atoms with Gasteiger partial charge in [0.2, 0.25) is 5.95 Å². The molecule has 0 amide bonds. The molecule has 2 aromatic rings. The van der Waals surface area contributed by atoms with Gasteiger partial charge in [0, 0.05) is 6.54 Å². The van der Waals surface area contributed by atoms with Crippen molar-refractivity contribution in [3.63, 3.8) is 0 Å². The average Bonchev–Trinajstić information content (AvgIpc) is 2.73. The fourth-order valence-electron chi connectivity index (χ4n) is 1.27. The quantitative estimate of drug-likeness (QED) is 0.612. The Balaban J connectivity index is 2.40. The number of hydrogen-bond acceptors (Lipinski definition) is 5. The van der Waals surface area contributed by atoms with E-state index in [0.717, 1.165) is 23.5 Å². The van der Waals surface area contributed by atoms with Crippen LogP contribution < -0.4 is 5.32 Å². The number of rotatable bonds is 4. The van der Waals surface area contributed by atoms with Crippen LogP contribution in [-0.4, -0.2) is 32.7 Å². The highest BCUT2D eigenvalue weighted by molar-refractivity contribution is 7.98. The Hall–Kier alpha value is -1.30. The monoisotopic (exact) mass is 223 g/mol. The van der Waals surface area contributed by atoms with E-state index in [2.05, 4.69) is 32.2 Å². The molecule has 0 unspecified atom stereocenters. The summed E-state index contributed by atoms with van der Waals surface area (Å²) >= 11 is 1.59. The van der Waals surface area contributed by atoms with E-state index in [1.165, 1.54) is 0 Å². The summed E-state index contributed by atoms with van der Waals surface area (Å²) in [5.74, 6) is 0.654. The number of imidazole rings is 1. The van der Waals surface area contributed by atoms with Crippen molar-refractivity contribution in [3.05, 3.63) is 6.33 Å². The Morgan fingerprint density at radius 1 is 1.47 bits per heavy atom. The van der Waals surface area contributed by atoms with E-state index in [-0.39, 0.29) is 0 Å². The molecule has 0 aliphatic heterocycles. The smallest absolute Gasteiger partial charge is 0.225 e. The largest absolute Gasteiger partial charge is 0.354 e. The summed E-state index contributed by atoms with van der Waals surface area (Å²) in [7, 11) is 0. The number of H-pyrrole nitrogens is 1. The third-order valence-electron chi connectivity index (χ3n) is 1.98. The molecule has 2 heterocycles. The van der Waals surface area contributed by atoms with E-state index < -0.39 is 0 Å². The molecule has 2 aromatic heterocycles. The van der Waals surface area contributed by atoms with Crippen LogP contribution in [0.1, 0.15) is 13.3 Å². The van der Waals surface area contributed by atoms with Crippen LogP contribution in [0.3, 0.4) is 0 Å². The second-order valence-corrected chi connectivity index (χ2v) is 3.88. The molecule has 0 aromatic carbocycles. The lowest BCUT2D eigenvalue weighted by atomic mass is 10.5. The molecule has 0 bridgehead atoms. The average molecular weight is 223 g/mol. The molecule has 0 radical (unpaired) electrons. The number of nitrogens with zero attached hydrogens (tertiary/aromatic N) is 3. The van der Waals surface area contributed by atoms with Crippen molar-refractivity contribution in [3.8, 4) is 0 Å². The van der Waals surface area contributed by atoms with Gasteiger partial charge in [0.15, 0.2) is 5.65 Å². The Bertz CT molecular complexity index is 453. The van der Waals surface area contributed by atoms with Crippen molar-refractivity contribution in [2.24, 2.45) is 0 Å². The van der Waals surface area contributed by atoms with Crippen LogP contribution in [0.4, 0.5) is 5.95 Å². The van der Waals surface area contributed by atoms with Crippen molar-refractivity contribution in [2.75, 3.05) is 18.1 Å². The second-order valence-electron chi connectivity index (χ2n) is 3.08. The maximum absolute atomic E-state index is 4.40. The lowest BCUT2D eigenvalue weighted by Gasteiger charge is -2.04. The molecule has 80 valence electrons. The van der Waals surface area contributed by atoms with Crippen LogP contribution >= 0.6 is 11.8 Å². The minimum absolute atomic E-state index is 0.654. The zero-order chi connectivity index (χ0) is 10.7. The number of fused-ring (bicyclic) bond motifs is 1. The molecule has 0 saturated heterocycles. The van der Waals surface area contributed by atoms with Crippen LogP contribution in [0, 0.1) is 0 Å². The molecule has 2 rings (SSSR count). The lowest BCUT2D eigenvalue weighted by Crippen LogP contribution is -2.05. The number of nitrogens with one attached hydrogen (secondary N) is 2. The van der Waals surface area contributed by atoms with Crippen LogP contribution in [0.25, 0.3) is 11.2 Å². The van der Waals surface area contributed by atoms with Crippen LogP contribution in [0.5, 0.6) is 0 Å². The number of hydrogen-bond donors (Lipinski definition) is 2. The first kappa shape index (κ1) is 10.2.